The number of rotatable bonds is 7. The van der Waals surface area contributed by atoms with Crippen LogP contribution < -0.4 is 10.6 Å². The van der Waals surface area contributed by atoms with Gasteiger partial charge in [0.1, 0.15) is 18.0 Å². The summed E-state index contributed by atoms with van der Waals surface area (Å²) in [4.78, 5) is 25.3. The maximum atomic E-state index is 12.6. The number of pyridine rings is 1. The van der Waals surface area contributed by atoms with Gasteiger partial charge in [-0.05, 0) is 37.3 Å². The largest absolute Gasteiger partial charge is 0.378 e. The molecule has 3 N–H and O–H groups in total. The number of H-pyrrole nitrogens is 1. The minimum Gasteiger partial charge on any atom is -0.378 e. The van der Waals surface area contributed by atoms with Crippen molar-refractivity contribution >= 4 is 11.6 Å². The molecule has 3 aromatic heterocycles. The van der Waals surface area contributed by atoms with Gasteiger partial charge in [-0.1, -0.05) is 6.07 Å². The van der Waals surface area contributed by atoms with Crippen LogP contribution in [0.5, 0.6) is 0 Å². The second kappa shape index (κ2) is 8.52. The molecule has 4 rings (SSSR count). The molecule has 1 atom stereocenters. The van der Waals surface area contributed by atoms with Crippen molar-refractivity contribution in [3.8, 4) is 11.4 Å². The van der Waals surface area contributed by atoms with Gasteiger partial charge in [-0.15, -0.1) is 0 Å². The molecule has 4 aromatic rings. The average molecular weight is 403 g/mol. The average Bonchev–Trinajstić information content (AvgIpc) is 3.42. The van der Waals surface area contributed by atoms with Crippen molar-refractivity contribution in [3.05, 3.63) is 72.3 Å². The predicted octanol–water partition coefficient (Wildman–Crippen LogP) is 2.10. The van der Waals surface area contributed by atoms with Crippen molar-refractivity contribution in [1.82, 2.24) is 40.2 Å². The van der Waals surface area contributed by atoms with Crippen LogP contribution in [0, 0.1) is 0 Å². The Bertz CT molecular complexity index is 1140. The summed E-state index contributed by atoms with van der Waals surface area (Å²) in [6.45, 7) is 2.31. The lowest BCUT2D eigenvalue weighted by Gasteiger charge is -2.13. The van der Waals surface area contributed by atoms with Gasteiger partial charge >= 0.3 is 0 Å². The molecule has 0 spiro atoms. The highest BCUT2D eigenvalue weighted by Crippen LogP contribution is 2.15. The van der Waals surface area contributed by atoms with Crippen LogP contribution in [0.15, 0.2) is 55.1 Å². The van der Waals surface area contributed by atoms with Crippen LogP contribution in [0.25, 0.3) is 11.4 Å². The second-order valence-corrected chi connectivity index (χ2v) is 6.71. The lowest BCUT2D eigenvalue weighted by atomic mass is 10.1. The van der Waals surface area contributed by atoms with E-state index in [0.717, 1.165) is 11.3 Å². The Morgan fingerprint density at radius 3 is 2.83 bits per heavy atom. The van der Waals surface area contributed by atoms with Gasteiger partial charge in [0.25, 0.3) is 5.91 Å². The summed E-state index contributed by atoms with van der Waals surface area (Å²) in [5, 5.41) is 17.4. The van der Waals surface area contributed by atoms with Gasteiger partial charge < -0.3 is 10.6 Å². The van der Waals surface area contributed by atoms with E-state index in [9.17, 15) is 4.79 Å². The van der Waals surface area contributed by atoms with E-state index in [1.54, 1.807) is 36.3 Å². The molecule has 0 bridgehead atoms. The van der Waals surface area contributed by atoms with E-state index >= 15 is 0 Å². The maximum absolute atomic E-state index is 12.6. The molecule has 0 saturated heterocycles. The number of anilines is 1. The van der Waals surface area contributed by atoms with Crippen molar-refractivity contribution in [2.45, 2.75) is 19.5 Å². The minimum absolute atomic E-state index is 0.186. The molecular formula is C20H21N9O. The summed E-state index contributed by atoms with van der Waals surface area (Å²) in [5.74, 6) is 1.80. The third kappa shape index (κ3) is 4.32. The number of hydrogen-bond donors (Lipinski definition) is 3. The van der Waals surface area contributed by atoms with Gasteiger partial charge in [-0.25, -0.2) is 9.97 Å². The molecule has 0 radical (unpaired) electrons. The van der Waals surface area contributed by atoms with E-state index < -0.39 is 0 Å². The second-order valence-electron chi connectivity index (χ2n) is 6.71. The fraction of sp³-hybridized carbons (Fsp3) is 0.200. The third-order valence-corrected chi connectivity index (χ3v) is 4.54. The molecule has 10 heteroatoms. The molecule has 1 unspecified atom stereocenters. The number of amides is 1. The normalized spacial score (nSPS) is 11.8. The summed E-state index contributed by atoms with van der Waals surface area (Å²) in [7, 11) is 1.79. The molecule has 152 valence electrons. The number of nitrogens with zero attached hydrogens (tertiary/aromatic N) is 6. The summed E-state index contributed by atoms with van der Waals surface area (Å²) in [6, 6.07) is 10.7. The van der Waals surface area contributed by atoms with Crippen molar-refractivity contribution in [2.75, 3.05) is 5.32 Å². The molecular weight excluding hydrogens is 382 g/mol. The zero-order valence-electron chi connectivity index (χ0n) is 16.6. The maximum Gasteiger partial charge on any atom is 0.251 e. The van der Waals surface area contributed by atoms with Gasteiger partial charge in [0.05, 0.1) is 12.6 Å². The topological polar surface area (TPSA) is 126 Å². The van der Waals surface area contributed by atoms with Crippen molar-refractivity contribution in [3.63, 3.8) is 0 Å². The lowest BCUT2D eigenvalue weighted by Crippen LogP contribution is -2.28. The molecule has 30 heavy (non-hydrogen) atoms. The van der Waals surface area contributed by atoms with Gasteiger partial charge in [0.15, 0.2) is 5.82 Å². The minimum atomic E-state index is -0.262. The number of aromatic amines is 1. The molecule has 0 saturated carbocycles. The van der Waals surface area contributed by atoms with Crippen molar-refractivity contribution in [2.24, 2.45) is 7.05 Å². The number of aryl methyl sites for hydroxylation is 1. The molecule has 10 nitrogen and oxygen atoms in total. The van der Waals surface area contributed by atoms with Gasteiger partial charge in [0, 0.05) is 36.3 Å². The highest BCUT2D eigenvalue weighted by Gasteiger charge is 2.15. The highest BCUT2D eigenvalue weighted by atomic mass is 16.1. The van der Waals surface area contributed by atoms with Crippen LogP contribution in [-0.2, 0) is 13.6 Å². The molecule has 0 aliphatic carbocycles. The first kappa shape index (κ1) is 19.2. The summed E-state index contributed by atoms with van der Waals surface area (Å²) in [6.07, 6.45) is 4.86. The summed E-state index contributed by atoms with van der Waals surface area (Å²) in [5.41, 5.74) is 2.24. The quantitative estimate of drug-likeness (QED) is 0.431. The standard InChI is InChI=1S/C20H21N9O/c1-13(19-23-12-24-29(19)2)25-20(30)15-4-3-5-16(10-15)22-11-17-26-18(28-27-17)14-6-8-21-9-7-14/h3-10,12-13,22H,11H2,1-2H3,(H,25,30)(H,26,27,28). The van der Waals surface area contributed by atoms with Gasteiger partial charge in [0.2, 0.25) is 0 Å². The van der Waals surface area contributed by atoms with Crippen LogP contribution in [0.3, 0.4) is 0 Å². The van der Waals surface area contributed by atoms with E-state index in [2.05, 4.69) is 40.9 Å². The molecule has 0 aliphatic heterocycles. The van der Waals surface area contributed by atoms with Crippen LogP contribution in [-0.4, -0.2) is 40.8 Å². The monoisotopic (exact) mass is 403 g/mol. The van der Waals surface area contributed by atoms with Crippen LogP contribution in [0.2, 0.25) is 0 Å². The van der Waals surface area contributed by atoms with Crippen molar-refractivity contribution < 1.29 is 4.79 Å². The number of aromatic nitrogens is 7. The fourth-order valence-electron chi connectivity index (χ4n) is 3.00. The zero-order chi connectivity index (χ0) is 20.9. The van der Waals surface area contributed by atoms with E-state index in [1.165, 1.54) is 6.33 Å². The number of carbonyl (C=O) groups excluding carboxylic acids is 1. The lowest BCUT2D eigenvalue weighted by molar-refractivity contribution is 0.0937. The van der Waals surface area contributed by atoms with E-state index in [-0.39, 0.29) is 11.9 Å². The molecule has 0 fully saturated rings. The van der Waals surface area contributed by atoms with Crippen LogP contribution in [0.4, 0.5) is 5.69 Å². The predicted molar refractivity (Wildman–Crippen MR) is 110 cm³/mol. The zero-order valence-corrected chi connectivity index (χ0v) is 16.6. The Balaban J connectivity index is 1.38. The Hall–Kier alpha value is -4.08. The molecule has 3 heterocycles. The van der Waals surface area contributed by atoms with E-state index in [4.69, 9.17) is 0 Å². The van der Waals surface area contributed by atoms with Crippen LogP contribution >= 0.6 is 0 Å². The van der Waals surface area contributed by atoms with E-state index in [0.29, 0.717) is 29.6 Å². The number of hydrogen-bond acceptors (Lipinski definition) is 7. The van der Waals surface area contributed by atoms with Crippen LogP contribution in [0.1, 0.15) is 35.0 Å². The third-order valence-electron chi connectivity index (χ3n) is 4.54. The highest BCUT2D eigenvalue weighted by molar-refractivity contribution is 5.95. The van der Waals surface area contributed by atoms with Gasteiger partial charge in [-0.2, -0.15) is 10.2 Å². The van der Waals surface area contributed by atoms with E-state index in [1.807, 2.05) is 31.2 Å². The Morgan fingerprint density at radius 2 is 2.07 bits per heavy atom. The number of nitrogens with one attached hydrogen (secondary N) is 3. The fourth-order valence-corrected chi connectivity index (χ4v) is 3.00. The molecule has 0 aliphatic rings. The van der Waals surface area contributed by atoms with Crippen molar-refractivity contribution in [1.29, 1.82) is 0 Å². The summed E-state index contributed by atoms with van der Waals surface area (Å²) >= 11 is 0. The smallest absolute Gasteiger partial charge is 0.251 e. The Labute approximate surface area is 172 Å². The molecule has 1 aromatic carbocycles. The number of benzene rings is 1. The molecule has 1 amide bonds. The first-order valence-corrected chi connectivity index (χ1v) is 9.40. The Kier molecular flexibility index (Phi) is 5.46. The first-order chi connectivity index (χ1) is 14.6. The number of carbonyl (C=O) groups is 1. The van der Waals surface area contributed by atoms with Gasteiger partial charge in [-0.3, -0.25) is 19.6 Å². The first-order valence-electron chi connectivity index (χ1n) is 9.40. The Morgan fingerprint density at radius 1 is 1.23 bits per heavy atom. The summed E-state index contributed by atoms with van der Waals surface area (Å²) < 4.78 is 1.64. The SMILES string of the molecule is CC(NC(=O)c1cccc(NCc2nc(-c3ccncc3)n[nH]2)c1)c1ncnn1C.